The van der Waals surface area contributed by atoms with Crippen LogP contribution in [0.5, 0.6) is 0 Å². The molecule has 0 saturated heterocycles. The minimum atomic E-state index is 0.874. The lowest BCUT2D eigenvalue weighted by atomic mass is 10.2. The number of rotatable bonds is 7. The normalized spacial score (nSPS) is 10.4. The van der Waals surface area contributed by atoms with Gasteiger partial charge in [-0.15, -0.1) is 0 Å². The summed E-state index contributed by atoms with van der Waals surface area (Å²) in [5.41, 5.74) is 3.79. The summed E-state index contributed by atoms with van der Waals surface area (Å²) in [4.78, 5) is 6.84. The fraction of sp³-hybridized carbons (Fsp3) is 0.389. The zero-order valence-corrected chi connectivity index (χ0v) is 13.3. The number of benzene rings is 1. The first-order valence-electron chi connectivity index (χ1n) is 7.74. The van der Waals surface area contributed by atoms with E-state index in [0.29, 0.717) is 0 Å². The smallest absolute Gasteiger partial charge is 0.130 e. The van der Waals surface area contributed by atoms with Crippen LogP contribution in [0.3, 0.4) is 0 Å². The fourth-order valence-electron chi connectivity index (χ4n) is 2.32. The van der Waals surface area contributed by atoms with E-state index in [-0.39, 0.29) is 0 Å². The van der Waals surface area contributed by atoms with E-state index >= 15 is 0 Å². The highest BCUT2D eigenvalue weighted by atomic mass is 15.1. The summed E-state index contributed by atoms with van der Waals surface area (Å²) in [6.07, 6.45) is 2.95. The van der Waals surface area contributed by atoms with Gasteiger partial charge < -0.3 is 10.2 Å². The molecular formula is C18H25N3. The molecule has 21 heavy (non-hydrogen) atoms. The van der Waals surface area contributed by atoms with Gasteiger partial charge in [0.1, 0.15) is 5.82 Å². The van der Waals surface area contributed by atoms with Gasteiger partial charge in [-0.25, -0.2) is 4.98 Å². The molecule has 0 aliphatic rings. The number of pyridine rings is 1. The fourth-order valence-corrected chi connectivity index (χ4v) is 2.32. The first-order valence-corrected chi connectivity index (χ1v) is 7.74. The predicted molar refractivity (Wildman–Crippen MR) is 90.9 cm³/mol. The van der Waals surface area contributed by atoms with E-state index in [4.69, 9.17) is 0 Å². The van der Waals surface area contributed by atoms with Gasteiger partial charge in [-0.1, -0.05) is 30.7 Å². The quantitative estimate of drug-likeness (QED) is 0.824. The molecule has 3 nitrogen and oxygen atoms in total. The minimum Gasteiger partial charge on any atom is -0.370 e. The van der Waals surface area contributed by atoms with Crippen LogP contribution in [0, 0.1) is 6.92 Å². The Hall–Kier alpha value is -2.03. The molecule has 1 heterocycles. The maximum absolute atomic E-state index is 4.47. The molecule has 0 bridgehead atoms. The Bertz CT molecular complexity index is 549. The molecule has 1 aromatic carbocycles. The Balaban J connectivity index is 2.16. The van der Waals surface area contributed by atoms with Crippen molar-refractivity contribution in [2.24, 2.45) is 0 Å². The van der Waals surface area contributed by atoms with Crippen LogP contribution in [0.15, 0.2) is 42.6 Å². The third kappa shape index (κ3) is 4.22. The SMILES string of the molecule is CCCNc1ncccc1CN(CC)c1ccc(C)cc1. The summed E-state index contributed by atoms with van der Waals surface area (Å²) in [6.45, 7) is 9.29. The van der Waals surface area contributed by atoms with E-state index in [0.717, 1.165) is 31.9 Å². The van der Waals surface area contributed by atoms with Gasteiger partial charge in [0, 0.05) is 37.1 Å². The van der Waals surface area contributed by atoms with Crippen molar-refractivity contribution in [1.29, 1.82) is 0 Å². The predicted octanol–water partition coefficient (Wildman–Crippen LogP) is 4.24. The number of nitrogens with zero attached hydrogens (tertiary/aromatic N) is 2. The van der Waals surface area contributed by atoms with E-state index in [2.05, 4.69) is 66.3 Å². The maximum atomic E-state index is 4.47. The van der Waals surface area contributed by atoms with Crippen molar-refractivity contribution < 1.29 is 0 Å². The molecule has 2 rings (SSSR count). The van der Waals surface area contributed by atoms with Gasteiger partial charge in [0.25, 0.3) is 0 Å². The van der Waals surface area contributed by atoms with Gasteiger partial charge >= 0.3 is 0 Å². The highest BCUT2D eigenvalue weighted by Crippen LogP contribution is 2.20. The summed E-state index contributed by atoms with van der Waals surface area (Å²) >= 11 is 0. The van der Waals surface area contributed by atoms with Crippen molar-refractivity contribution in [1.82, 2.24) is 4.98 Å². The van der Waals surface area contributed by atoms with Gasteiger partial charge in [-0.3, -0.25) is 0 Å². The zero-order valence-electron chi connectivity index (χ0n) is 13.3. The van der Waals surface area contributed by atoms with Crippen molar-refractivity contribution in [3.8, 4) is 0 Å². The molecule has 1 aromatic heterocycles. The van der Waals surface area contributed by atoms with E-state index in [1.165, 1.54) is 16.8 Å². The lowest BCUT2D eigenvalue weighted by Crippen LogP contribution is -2.23. The average molecular weight is 283 g/mol. The van der Waals surface area contributed by atoms with Crippen LogP contribution in [-0.4, -0.2) is 18.1 Å². The van der Waals surface area contributed by atoms with Crippen LogP contribution in [0.4, 0.5) is 11.5 Å². The molecule has 0 spiro atoms. The van der Waals surface area contributed by atoms with Crippen molar-refractivity contribution in [3.05, 3.63) is 53.7 Å². The topological polar surface area (TPSA) is 28.2 Å². The number of hydrogen-bond acceptors (Lipinski definition) is 3. The van der Waals surface area contributed by atoms with Crippen LogP contribution >= 0.6 is 0 Å². The lowest BCUT2D eigenvalue weighted by Gasteiger charge is -2.24. The molecular weight excluding hydrogens is 258 g/mol. The molecule has 0 aliphatic carbocycles. The molecule has 3 heteroatoms. The summed E-state index contributed by atoms with van der Waals surface area (Å²) in [5.74, 6) is 1.00. The van der Waals surface area contributed by atoms with Gasteiger partial charge in [0.05, 0.1) is 0 Å². The van der Waals surface area contributed by atoms with E-state index < -0.39 is 0 Å². The van der Waals surface area contributed by atoms with E-state index in [1.807, 2.05) is 12.3 Å². The van der Waals surface area contributed by atoms with Crippen LogP contribution in [0.25, 0.3) is 0 Å². The third-order valence-corrected chi connectivity index (χ3v) is 3.58. The van der Waals surface area contributed by atoms with Crippen molar-refractivity contribution in [3.63, 3.8) is 0 Å². The molecule has 0 aliphatic heterocycles. The molecule has 0 radical (unpaired) electrons. The van der Waals surface area contributed by atoms with Crippen LogP contribution in [0.1, 0.15) is 31.4 Å². The van der Waals surface area contributed by atoms with Gasteiger partial charge in [-0.2, -0.15) is 0 Å². The Morgan fingerprint density at radius 1 is 1.10 bits per heavy atom. The van der Waals surface area contributed by atoms with Crippen molar-refractivity contribution in [2.45, 2.75) is 33.7 Å². The van der Waals surface area contributed by atoms with Gasteiger partial charge in [0.15, 0.2) is 0 Å². The Morgan fingerprint density at radius 3 is 2.52 bits per heavy atom. The van der Waals surface area contributed by atoms with Gasteiger partial charge in [0.2, 0.25) is 0 Å². The number of nitrogens with one attached hydrogen (secondary N) is 1. The molecule has 0 saturated carbocycles. The standard InChI is InChI=1S/C18H25N3/c1-4-12-19-18-16(7-6-13-20-18)14-21(5-2)17-10-8-15(3)9-11-17/h6-11,13H,4-5,12,14H2,1-3H3,(H,19,20). The first-order chi connectivity index (χ1) is 10.2. The molecule has 1 N–H and O–H groups in total. The van der Waals surface area contributed by atoms with Crippen LogP contribution < -0.4 is 10.2 Å². The summed E-state index contributed by atoms with van der Waals surface area (Å²) in [7, 11) is 0. The number of hydrogen-bond donors (Lipinski definition) is 1. The monoisotopic (exact) mass is 283 g/mol. The summed E-state index contributed by atoms with van der Waals surface area (Å²) < 4.78 is 0. The second-order valence-electron chi connectivity index (χ2n) is 5.29. The highest BCUT2D eigenvalue weighted by Gasteiger charge is 2.09. The van der Waals surface area contributed by atoms with Crippen LogP contribution in [-0.2, 0) is 6.54 Å². The second-order valence-corrected chi connectivity index (χ2v) is 5.29. The first kappa shape index (κ1) is 15.4. The lowest BCUT2D eigenvalue weighted by molar-refractivity contribution is 0.826. The Kier molecular flexibility index (Phi) is 5.61. The Morgan fingerprint density at radius 2 is 1.86 bits per heavy atom. The summed E-state index contributed by atoms with van der Waals surface area (Å²) in [5, 5.41) is 3.42. The third-order valence-electron chi connectivity index (χ3n) is 3.58. The Labute approximate surface area is 128 Å². The number of aryl methyl sites for hydroxylation is 1. The molecule has 0 amide bonds. The largest absolute Gasteiger partial charge is 0.370 e. The van der Waals surface area contributed by atoms with E-state index in [9.17, 15) is 0 Å². The highest BCUT2D eigenvalue weighted by molar-refractivity contribution is 5.51. The van der Waals surface area contributed by atoms with E-state index in [1.54, 1.807) is 0 Å². The number of anilines is 2. The maximum Gasteiger partial charge on any atom is 0.130 e. The number of aromatic nitrogens is 1. The molecule has 0 fully saturated rings. The molecule has 0 atom stereocenters. The molecule has 112 valence electrons. The zero-order chi connectivity index (χ0) is 15.1. The molecule has 0 unspecified atom stereocenters. The van der Waals surface area contributed by atoms with Crippen LogP contribution in [0.2, 0.25) is 0 Å². The summed E-state index contributed by atoms with van der Waals surface area (Å²) in [6, 6.07) is 12.9. The van der Waals surface area contributed by atoms with Crippen molar-refractivity contribution in [2.75, 3.05) is 23.3 Å². The van der Waals surface area contributed by atoms with Crippen molar-refractivity contribution >= 4 is 11.5 Å². The second kappa shape index (κ2) is 7.67. The minimum absolute atomic E-state index is 0.874. The average Bonchev–Trinajstić information content (AvgIpc) is 2.52. The molecule has 2 aromatic rings. The van der Waals surface area contributed by atoms with Gasteiger partial charge in [-0.05, 0) is 38.5 Å².